The summed E-state index contributed by atoms with van der Waals surface area (Å²) in [4.78, 5) is 17.0. The summed E-state index contributed by atoms with van der Waals surface area (Å²) in [5, 5.41) is 4.75. The standard InChI is InChI=1S/C13H11Cl3N2O2S2/c1-21-9-4-2-8(3-5-9)10-6-22-11(17-10)18-12(19)20-7-13(14,15)16/h2-6H,7H2,1H3,(H,17,18,19). The first-order valence-electron chi connectivity index (χ1n) is 5.98. The van der Waals surface area contributed by atoms with Gasteiger partial charge in [0.05, 0.1) is 5.69 Å². The Balaban J connectivity index is 1.97. The molecule has 0 atom stereocenters. The number of anilines is 1. The van der Waals surface area contributed by atoms with Crippen LogP contribution >= 0.6 is 57.9 Å². The number of nitrogens with zero attached hydrogens (tertiary/aromatic N) is 1. The Morgan fingerprint density at radius 3 is 2.64 bits per heavy atom. The van der Waals surface area contributed by atoms with Crippen LogP contribution < -0.4 is 5.32 Å². The van der Waals surface area contributed by atoms with Crippen LogP contribution in [0.25, 0.3) is 11.3 Å². The number of nitrogens with one attached hydrogen (secondary N) is 1. The number of aromatic nitrogens is 1. The summed E-state index contributed by atoms with van der Waals surface area (Å²) >= 11 is 19.5. The summed E-state index contributed by atoms with van der Waals surface area (Å²) in [5.74, 6) is 0. The Hall–Kier alpha value is -0.660. The molecule has 2 rings (SSSR count). The van der Waals surface area contributed by atoms with Gasteiger partial charge in [0.15, 0.2) is 5.13 Å². The van der Waals surface area contributed by atoms with E-state index >= 15 is 0 Å². The molecule has 0 spiro atoms. The quantitative estimate of drug-likeness (QED) is 0.550. The SMILES string of the molecule is CSc1ccc(-c2csc(NC(=O)OCC(Cl)(Cl)Cl)n2)cc1. The van der Waals surface area contributed by atoms with E-state index in [1.54, 1.807) is 11.8 Å². The number of alkyl halides is 3. The summed E-state index contributed by atoms with van der Waals surface area (Å²) in [6.07, 6.45) is 1.30. The molecule has 9 heteroatoms. The molecule has 4 nitrogen and oxygen atoms in total. The molecule has 0 aliphatic heterocycles. The second-order valence-corrected chi connectivity index (χ2v) is 8.34. The van der Waals surface area contributed by atoms with Crippen LogP contribution in [-0.4, -0.2) is 27.7 Å². The first-order chi connectivity index (χ1) is 10.4. The van der Waals surface area contributed by atoms with Crippen molar-refractivity contribution in [1.29, 1.82) is 0 Å². The number of hydrogen-bond donors (Lipinski definition) is 1. The van der Waals surface area contributed by atoms with Gasteiger partial charge in [-0.05, 0) is 18.4 Å². The molecule has 22 heavy (non-hydrogen) atoms. The summed E-state index contributed by atoms with van der Waals surface area (Å²) in [6, 6.07) is 7.99. The lowest BCUT2D eigenvalue weighted by molar-refractivity contribution is 0.164. The van der Waals surface area contributed by atoms with Crippen molar-refractivity contribution in [2.75, 3.05) is 18.2 Å². The number of hydrogen-bond acceptors (Lipinski definition) is 5. The molecular formula is C13H11Cl3N2O2S2. The highest BCUT2D eigenvalue weighted by atomic mass is 35.6. The summed E-state index contributed by atoms with van der Waals surface area (Å²) in [5.41, 5.74) is 1.74. The van der Waals surface area contributed by atoms with E-state index in [4.69, 9.17) is 39.5 Å². The Morgan fingerprint density at radius 2 is 2.05 bits per heavy atom. The third-order valence-electron chi connectivity index (χ3n) is 2.47. The lowest BCUT2D eigenvalue weighted by Crippen LogP contribution is -2.21. The van der Waals surface area contributed by atoms with Gasteiger partial charge in [0.1, 0.15) is 6.61 Å². The minimum atomic E-state index is -1.63. The smallest absolute Gasteiger partial charge is 0.413 e. The van der Waals surface area contributed by atoms with Crippen molar-refractivity contribution in [3.8, 4) is 11.3 Å². The monoisotopic (exact) mass is 396 g/mol. The number of ether oxygens (including phenoxy) is 1. The van der Waals surface area contributed by atoms with Crippen LogP contribution in [0, 0.1) is 0 Å². The fourth-order valence-corrected chi connectivity index (χ4v) is 2.77. The lowest BCUT2D eigenvalue weighted by atomic mass is 10.2. The molecule has 1 aromatic heterocycles. The third-order valence-corrected chi connectivity index (χ3v) is 4.29. The summed E-state index contributed by atoms with van der Waals surface area (Å²) < 4.78 is 3.14. The predicted octanol–water partition coefficient (Wildman–Crippen LogP) is 5.45. The maximum absolute atomic E-state index is 11.5. The van der Waals surface area contributed by atoms with Crippen LogP contribution in [0.4, 0.5) is 9.93 Å². The normalized spacial score (nSPS) is 11.3. The molecule has 118 valence electrons. The highest BCUT2D eigenvalue weighted by Gasteiger charge is 2.22. The largest absolute Gasteiger partial charge is 0.445 e. The van der Waals surface area contributed by atoms with E-state index in [2.05, 4.69) is 10.3 Å². The number of thioether (sulfide) groups is 1. The van der Waals surface area contributed by atoms with Crippen molar-refractivity contribution in [2.24, 2.45) is 0 Å². The minimum Gasteiger partial charge on any atom is -0.445 e. The second-order valence-electron chi connectivity index (χ2n) is 4.08. The van der Waals surface area contributed by atoms with Crippen LogP contribution in [0.5, 0.6) is 0 Å². The van der Waals surface area contributed by atoms with Crippen LogP contribution in [0.15, 0.2) is 34.5 Å². The van der Waals surface area contributed by atoms with Crippen LogP contribution in [0.3, 0.4) is 0 Å². The Kier molecular flexibility index (Phi) is 6.23. The zero-order valence-electron chi connectivity index (χ0n) is 11.3. The maximum atomic E-state index is 11.5. The Bertz CT molecular complexity index is 641. The number of rotatable bonds is 4. The molecule has 1 heterocycles. The van der Waals surface area contributed by atoms with Gasteiger partial charge < -0.3 is 4.74 Å². The van der Waals surface area contributed by atoms with Crippen LogP contribution in [-0.2, 0) is 4.74 Å². The fraction of sp³-hybridized carbons (Fsp3) is 0.231. The number of thiazole rings is 1. The van der Waals surface area contributed by atoms with Gasteiger partial charge in [-0.25, -0.2) is 9.78 Å². The van der Waals surface area contributed by atoms with E-state index < -0.39 is 9.89 Å². The first kappa shape index (κ1) is 17.7. The molecule has 0 saturated carbocycles. The van der Waals surface area contributed by atoms with Gasteiger partial charge in [0.2, 0.25) is 3.79 Å². The van der Waals surface area contributed by atoms with E-state index in [1.807, 2.05) is 35.9 Å². The maximum Gasteiger partial charge on any atom is 0.413 e. The minimum absolute atomic E-state index is 0.335. The molecule has 0 aliphatic rings. The van der Waals surface area contributed by atoms with E-state index in [0.29, 0.717) is 5.13 Å². The zero-order chi connectivity index (χ0) is 16.2. The van der Waals surface area contributed by atoms with E-state index in [-0.39, 0.29) is 6.61 Å². The van der Waals surface area contributed by atoms with Gasteiger partial charge in [-0.15, -0.1) is 23.1 Å². The van der Waals surface area contributed by atoms with E-state index in [1.165, 1.54) is 16.2 Å². The average molecular weight is 398 g/mol. The fourth-order valence-electron chi connectivity index (χ4n) is 1.50. The van der Waals surface area contributed by atoms with Gasteiger partial charge in [0, 0.05) is 15.8 Å². The van der Waals surface area contributed by atoms with Gasteiger partial charge in [0.25, 0.3) is 0 Å². The van der Waals surface area contributed by atoms with E-state index in [0.717, 1.165) is 11.3 Å². The molecule has 2 aromatic rings. The number of carbonyl (C=O) groups is 1. The highest BCUT2D eigenvalue weighted by Crippen LogP contribution is 2.28. The van der Waals surface area contributed by atoms with Gasteiger partial charge in [-0.3, -0.25) is 5.32 Å². The Labute approximate surface area is 151 Å². The molecule has 1 aromatic carbocycles. The lowest BCUT2D eigenvalue weighted by Gasteiger charge is -2.10. The summed E-state index contributed by atoms with van der Waals surface area (Å²) in [6.45, 7) is -0.335. The van der Waals surface area contributed by atoms with Gasteiger partial charge >= 0.3 is 6.09 Å². The van der Waals surface area contributed by atoms with Crippen LogP contribution in [0.2, 0.25) is 0 Å². The molecule has 0 saturated heterocycles. The Morgan fingerprint density at radius 1 is 1.36 bits per heavy atom. The molecule has 0 radical (unpaired) electrons. The molecule has 0 unspecified atom stereocenters. The average Bonchev–Trinajstić information content (AvgIpc) is 2.93. The van der Waals surface area contributed by atoms with Crippen molar-refractivity contribution >= 4 is 69.1 Å². The van der Waals surface area contributed by atoms with Crippen molar-refractivity contribution in [1.82, 2.24) is 4.98 Å². The van der Waals surface area contributed by atoms with Crippen molar-refractivity contribution in [3.05, 3.63) is 29.6 Å². The second kappa shape index (κ2) is 7.75. The number of benzene rings is 1. The van der Waals surface area contributed by atoms with Crippen LogP contribution in [0.1, 0.15) is 0 Å². The number of halogens is 3. The highest BCUT2D eigenvalue weighted by molar-refractivity contribution is 7.98. The topological polar surface area (TPSA) is 51.2 Å². The molecule has 0 aliphatic carbocycles. The summed E-state index contributed by atoms with van der Waals surface area (Å²) in [7, 11) is 0. The molecule has 1 N–H and O–H groups in total. The molecule has 0 fully saturated rings. The predicted molar refractivity (Wildman–Crippen MR) is 94.6 cm³/mol. The van der Waals surface area contributed by atoms with Gasteiger partial charge in [-0.1, -0.05) is 46.9 Å². The number of carbonyl (C=O) groups excluding carboxylic acids is 1. The van der Waals surface area contributed by atoms with Crippen molar-refractivity contribution in [2.45, 2.75) is 8.69 Å². The van der Waals surface area contributed by atoms with Gasteiger partial charge in [-0.2, -0.15) is 0 Å². The number of amides is 1. The van der Waals surface area contributed by atoms with E-state index in [9.17, 15) is 4.79 Å². The first-order valence-corrected chi connectivity index (χ1v) is 9.22. The zero-order valence-corrected chi connectivity index (χ0v) is 15.2. The third kappa shape index (κ3) is 5.52. The molecule has 1 amide bonds. The molecule has 0 bridgehead atoms. The van der Waals surface area contributed by atoms with Crippen molar-refractivity contribution in [3.63, 3.8) is 0 Å². The molecular weight excluding hydrogens is 387 g/mol. The van der Waals surface area contributed by atoms with Crippen molar-refractivity contribution < 1.29 is 9.53 Å².